The van der Waals surface area contributed by atoms with Crippen LogP contribution in [0.3, 0.4) is 0 Å². The van der Waals surface area contributed by atoms with Crippen LogP contribution >= 0.6 is 0 Å². The summed E-state index contributed by atoms with van der Waals surface area (Å²) in [6, 6.07) is 6.54. The first kappa shape index (κ1) is 23.8. The third-order valence-electron chi connectivity index (χ3n) is 5.51. The highest BCUT2D eigenvalue weighted by atomic mass is 19.4. The van der Waals surface area contributed by atoms with Gasteiger partial charge in [-0.25, -0.2) is 9.78 Å². The molecule has 4 rings (SSSR count). The maximum Gasteiger partial charge on any atom is 0.490 e. The van der Waals surface area contributed by atoms with Crippen LogP contribution in [-0.4, -0.2) is 91.5 Å². The number of anilines is 3. The second-order valence-electron chi connectivity index (χ2n) is 7.92. The van der Waals surface area contributed by atoms with Gasteiger partial charge in [0.05, 0.1) is 5.52 Å². The maximum atomic E-state index is 10.6. The number of halogens is 3. The molecule has 3 heterocycles. The largest absolute Gasteiger partial charge is 0.490 e. The van der Waals surface area contributed by atoms with Crippen molar-refractivity contribution >= 4 is 34.3 Å². The molecule has 176 valence electrons. The van der Waals surface area contributed by atoms with Crippen LogP contribution in [0, 0.1) is 0 Å². The van der Waals surface area contributed by atoms with Gasteiger partial charge in [-0.15, -0.1) is 0 Å². The van der Waals surface area contributed by atoms with Crippen molar-refractivity contribution in [3.8, 4) is 0 Å². The van der Waals surface area contributed by atoms with Crippen molar-refractivity contribution in [1.82, 2.24) is 14.9 Å². The Kier molecular flexibility index (Phi) is 7.24. The Morgan fingerprint density at radius 2 is 1.81 bits per heavy atom. The second-order valence-corrected chi connectivity index (χ2v) is 7.92. The van der Waals surface area contributed by atoms with Crippen molar-refractivity contribution in [2.75, 3.05) is 68.5 Å². The molecule has 0 amide bonds. The number of alkyl halides is 3. The Morgan fingerprint density at radius 3 is 2.34 bits per heavy atom. The molecule has 2 fully saturated rings. The van der Waals surface area contributed by atoms with E-state index in [1.54, 1.807) is 0 Å². The van der Waals surface area contributed by atoms with Crippen LogP contribution in [-0.2, 0) is 4.79 Å². The van der Waals surface area contributed by atoms with Crippen LogP contribution in [0.15, 0.2) is 18.2 Å². The predicted molar refractivity (Wildman–Crippen MR) is 117 cm³/mol. The maximum absolute atomic E-state index is 10.6. The molecular weight excluding hydrogens is 427 g/mol. The van der Waals surface area contributed by atoms with Crippen LogP contribution in [0.25, 0.3) is 10.9 Å². The number of aromatic nitrogens is 2. The zero-order valence-electron chi connectivity index (χ0n) is 18.1. The SMILES string of the molecule is CNc1ccc2c(N3CC[C@@H](N)C3)nc(N3CCN(C)CC3)nc2c1.O=C(O)C(F)(F)F. The molecule has 2 aliphatic rings. The summed E-state index contributed by atoms with van der Waals surface area (Å²) in [5.41, 5.74) is 8.20. The molecule has 0 unspecified atom stereocenters. The summed E-state index contributed by atoms with van der Waals surface area (Å²) < 4.78 is 31.7. The number of fused-ring (bicyclic) bond motifs is 1. The van der Waals surface area contributed by atoms with Crippen LogP contribution in [0.2, 0.25) is 0 Å². The fourth-order valence-electron chi connectivity index (χ4n) is 3.63. The van der Waals surface area contributed by atoms with Crippen molar-refractivity contribution in [1.29, 1.82) is 0 Å². The number of nitrogens with one attached hydrogen (secondary N) is 1. The molecule has 0 spiro atoms. The van der Waals surface area contributed by atoms with Gasteiger partial charge in [0.15, 0.2) is 0 Å². The second kappa shape index (κ2) is 9.74. The molecular formula is C20H28F3N7O2. The number of nitrogens with zero attached hydrogens (tertiary/aromatic N) is 5. The molecule has 2 aromatic rings. The normalized spacial score (nSPS) is 19.6. The van der Waals surface area contributed by atoms with Crippen molar-refractivity contribution in [3.05, 3.63) is 18.2 Å². The fourth-order valence-corrected chi connectivity index (χ4v) is 3.63. The van der Waals surface area contributed by atoms with Crippen molar-refractivity contribution < 1.29 is 23.1 Å². The topological polar surface area (TPSA) is 111 Å². The Morgan fingerprint density at radius 1 is 1.16 bits per heavy atom. The summed E-state index contributed by atoms with van der Waals surface area (Å²) in [7, 11) is 4.10. The van der Waals surface area contributed by atoms with E-state index in [0.29, 0.717) is 0 Å². The van der Waals surface area contributed by atoms with E-state index in [-0.39, 0.29) is 6.04 Å². The summed E-state index contributed by atoms with van der Waals surface area (Å²) in [6.45, 7) is 5.84. The van der Waals surface area contributed by atoms with Gasteiger partial charge >= 0.3 is 12.1 Å². The number of carbonyl (C=O) groups is 1. The van der Waals surface area contributed by atoms with E-state index in [2.05, 4.69) is 45.3 Å². The molecule has 1 aromatic heterocycles. The molecule has 2 saturated heterocycles. The number of carboxylic acids is 1. The van der Waals surface area contributed by atoms with Crippen molar-refractivity contribution in [2.24, 2.45) is 5.73 Å². The quantitative estimate of drug-likeness (QED) is 0.635. The fraction of sp³-hybridized carbons (Fsp3) is 0.550. The van der Waals surface area contributed by atoms with Crippen LogP contribution in [0.4, 0.5) is 30.6 Å². The van der Waals surface area contributed by atoms with E-state index in [0.717, 1.165) is 74.0 Å². The van der Waals surface area contributed by atoms with Crippen LogP contribution < -0.4 is 20.9 Å². The minimum atomic E-state index is -5.08. The van der Waals surface area contributed by atoms with Crippen LogP contribution in [0.1, 0.15) is 6.42 Å². The number of hydrogen-bond acceptors (Lipinski definition) is 8. The molecule has 32 heavy (non-hydrogen) atoms. The van der Waals surface area contributed by atoms with Gasteiger partial charge in [-0.05, 0) is 31.7 Å². The summed E-state index contributed by atoms with van der Waals surface area (Å²) in [5.74, 6) is -0.897. The van der Waals surface area contributed by atoms with Crippen molar-refractivity contribution in [3.63, 3.8) is 0 Å². The van der Waals surface area contributed by atoms with Gasteiger partial charge in [0.2, 0.25) is 5.95 Å². The van der Waals surface area contributed by atoms with Gasteiger partial charge in [-0.1, -0.05) is 0 Å². The number of rotatable bonds is 3. The monoisotopic (exact) mass is 455 g/mol. The minimum Gasteiger partial charge on any atom is -0.475 e. The number of hydrogen-bond donors (Lipinski definition) is 3. The number of nitrogens with two attached hydrogens (primary N) is 1. The first-order valence-electron chi connectivity index (χ1n) is 10.3. The standard InChI is InChI=1S/C18H27N7.C2HF3O2/c1-20-14-3-4-15-16(11-14)21-18(24-9-7-23(2)8-10-24)22-17(15)25-6-5-13(19)12-25;3-2(4,5)1(6)7/h3-4,11,13,20H,5-10,12,19H2,1-2H3;(H,6,7)/t13-;/m1./s1. The van der Waals surface area contributed by atoms with Gasteiger partial charge in [0.1, 0.15) is 5.82 Å². The number of benzene rings is 1. The molecule has 0 saturated carbocycles. The van der Waals surface area contributed by atoms with E-state index in [1.807, 2.05) is 7.05 Å². The Bertz CT molecular complexity index is 949. The molecule has 12 heteroatoms. The number of carboxylic acid groups (broad SMARTS) is 1. The Hall–Kier alpha value is -2.86. The lowest BCUT2D eigenvalue weighted by atomic mass is 10.2. The van der Waals surface area contributed by atoms with E-state index < -0.39 is 12.1 Å². The molecule has 1 atom stereocenters. The van der Waals surface area contributed by atoms with Crippen molar-refractivity contribution in [2.45, 2.75) is 18.6 Å². The van der Waals surface area contributed by atoms with Gasteiger partial charge in [0.25, 0.3) is 0 Å². The number of piperazine rings is 1. The zero-order chi connectivity index (χ0) is 23.5. The predicted octanol–water partition coefficient (Wildman–Crippen LogP) is 1.59. The first-order chi connectivity index (χ1) is 15.1. The third-order valence-corrected chi connectivity index (χ3v) is 5.51. The number of likely N-dealkylation sites (N-methyl/N-ethyl adjacent to an activating group) is 1. The molecule has 1 aromatic carbocycles. The summed E-state index contributed by atoms with van der Waals surface area (Å²) in [4.78, 5) is 25.7. The average Bonchev–Trinajstić information content (AvgIpc) is 3.19. The highest BCUT2D eigenvalue weighted by Crippen LogP contribution is 2.30. The Balaban J connectivity index is 0.000000360. The molecule has 0 aliphatic carbocycles. The van der Waals surface area contributed by atoms with Gasteiger partial charge < -0.3 is 30.9 Å². The van der Waals surface area contributed by atoms with E-state index in [9.17, 15) is 13.2 Å². The van der Waals surface area contributed by atoms with Gasteiger partial charge in [-0.3, -0.25) is 0 Å². The summed E-state index contributed by atoms with van der Waals surface area (Å²) in [5, 5.41) is 11.4. The first-order valence-corrected chi connectivity index (χ1v) is 10.3. The molecule has 2 aliphatic heterocycles. The summed E-state index contributed by atoms with van der Waals surface area (Å²) >= 11 is 0. The van der Waals surface area contributed by atoms with E-state index in [1.165, 1.54) is 0 Å². The zero-order valence-corrected chi connectivity index (χ0v) is 18.1. The van der Waals surface area contributed by atoms with Gasteiger partial charge in [0, 0.05) is 63.4 Å². The molecule has 9 nitrogen and oxygen atoms in total. The molecule has 4 N–H and O–H groups in total. The van der Waals surface area contributed by atoms with Gasteiger partial charge in [-0.2, -0.15) is 18.2 Å². The lowest BCUT2D eigenvalue weighted by Gasteiger charge is -2.33. The lowest BCUT2D eigenvalue weighted by molar-refractivity contribution is -0.192. The minimum absolute atomic E-state index is 0.230. The third kappa shape index (κ3) is 5.68. The molecule has 0 radical (unpaired) electrons. The number of aliphatic carboxylic acids is 1. The smallest absolute Gasteiger partial charge is 0.475 e. The lowest BCUT2D eigenvalue weighted by Crippen LogP contribution is -2.45. The Labute approximate surface area is 184 Å². The average molecular weight is 455 g/mol. The molecule has 0 bridgehead atoms. The highest BCUT2D eigenvalue weighted by molar-refractivity contribution is 5.92. The highest BCUT2D eigenvalue weighted by Gasteiger charge is 2.38. The van der Waals surface area contributed by atoms with E-state index in [4.69, 9.17) is 25.6 Å². The summed E-state index contributed by atoms with van der Waals surface area (Å²) in [6.07, 6.45) is -4.07. The van der Waals surface area contributed by atoms with Crippen LogP contribution in [0.5, 0.6) is 0 Å². The van der Waals surface area contributed by atoms with E-state index >= 15 is 0 Å².